The summed E-state index contributed by atoms with van der Waals surface area (Å²) in [6.07, 6.45) is -4.76. The lowest BCUT2D eigenvalue weighted by Crippen LogP contribution is -2.62. The minimum Gasteiger partial charge on any atom is -0.393 e. The predicted octanol–water partition coefficient (Wildman–Crippen LogP) is 5.29. The average molecular weight is 1230 g/mol. The number of ether oxygens (including phenoxy) is 19. The van der Waals surface area contributed by atoms with E-state index in [0.29, 0.717) is 49.9 Å². The summed E-state index contributed by atoms with van der Waals surface area (Å²) in [5.74, 6) is -0.0718. The fourth-order valence-electron chi connectivity index (χ4n) is 17.8. The molecular weight excluding hydrogens is 1120 g/mol. The highest BCUT2D eigenvalue weighted by Gasteiger charge is 2.66. The summed E-state index contributed by atoms with van der Waals surface area (Å²) >= 11 is 0. The highest BCUT2D eigenvalue weighted by atomic mass is 16.9. The van der Waals surface area contributed by atoms with Gasteiger partial charge in [-0.15, -0.1) is 0 Å². The second-order valence-corrected chi connectivity index (χ2v) is 27.5. The molecule has 11 rings (SSSR count). The van der Waals surface area contributed by atoms with E-state index in [4.69, 9.17) is 90.0 Å². The third-order valence-electron chi connectivity index (χ3n) is 22.8. The monoisotopic (exact) mass is 1230 g/mol. The molecule has 4 aliphatic carbocycles. The largest absolute Gasteiger partial charge is 0.393 e. The molecular formula is C63H104O23. The minimum atomic E-state index is -1.53. The summed E-state index contributed by atoms with van der Waals surface area (Å²) in [5, 5.41) is 44.8. The van der Waals surface area contributed by atoms with Gasteiger partial charge in [0.05, 0.1) is 91.4 Å². The van der Waals surface area contributed by atoms with Crippen LogP contribution in [0.25, 0.3) is 0 Å². The SMILES string of the molecule is CO[C@H]1[C@@H](O)[C@@H](C)O[C@@H](O[C@H]2[C@@H](OC)C[C@H](O[C@H]3[C@@H](OC)C[C@H](O[C@H]4[C@@H](OC)C[C@H](O[C@@H]5[C@@H](C)O[C@@]6(C[C@H]5OC)OCO[C@@H]5C[C@H](O[C@@H](C)[C@@]7(O)CC[C@H]8[C@@H]9CC=C%10C[C@@H](O)CC[C@]%10(C)[C@H]9CC[C@@]87C)O[C@H](C)[C@H]5O6)O[C@@H]4C)O[C@@H]3C)O[C@@H]2C)[C@@H]1O. The Morgan fingerprint density at radius 3 is 1.70 bits per heavy atom. The minimum absolute atomic E-state index is 0.0964. The molecule has 0 amide bonds. The molecule has 494 valence electrons. The Balaban J connectivity index is 0.654. The van der Waals surface area contributed by atoms with Gasteiger partial charge >= 0.3 is 0 Å². The van der Waals surface area contributed by atoms with Crippen LogP contribution < -0.4 is 0 Å². The van der Waals surface area contributed by atoms with Gasteiger partial charge in [0.25, 0.3) is 5.97 Å². The molecule has 7 aliphatic heterocycles. The van der Waals surface area contributed by atoms with Crippen molar-refractivity contribution in [1.29, 1.82) is 0 Å². The Labute approximate surface area is 508 Å². The molecule has 0 aromatic carbocycles. The van der Waals surface area contributed by atoms with E-state index in [1.54, 1.807) is 35.4 Å². The maximum Gasteiger partial charge on any atom is 0.288 e. The Morgan fingerprint density at radius 1 is 0.558 bits per heavy atom. The van der Waals surface area contributed by atoms with Crippen LogP contribution in [0.5, 0.6) is 0 Å². The predicted molar refractivity (Wildman–Crippen MR) is 302 cm³/mol. The van der Waals surface area contributed by atoms with E-state index in [9.17, 15) is 20.4 Å². The number of hydrogen-bond acceptors (Lipinski definition) is 23. The molecule has 7 heterocycles. The van der Waals surface area contributed by atoms with E-state index >= 15 is 0 Å². The zero-order chi connectivity index (χ0) is 61.4. The Morgan fingerprint density at radius 2 is 1.12 bits per heavy atom. The quantitative estimate of drug-likeness (QED) is 0.143. The molecule has 23 heteroatoms. The normalized spacial score (nSPS) is 53.8. The molecule has 0 radical (unpaired) electrons. The summed E-state index contributed by atoms with van der Waals surface area (Å²) in [5.41, 5.74) is 0.247. The summed E-state index contributed by atoms with van der Waals surface area (Å²) in [7, 11) is 7.91. The van der Waals surface area contributed by atoms with Gasteiger partial charge in [-0.25, -0.2) is 0 Å². The van der Waals surface area contributed by atoms with E-state index in [1.807, 2.05) is 41.5 Å². The highest BCUT2D eigenvalue weighted by Crippen LogP contribution is 2.68. The standard InChI is InChI=1S/C63H104O23/c1-30-51(65)58(72-14)52(66)59(79-30)84-55-33(4)77-49(26-44(55)70-12)82-53-31(2)75-48(24-42(53)68-10)81-54-32(3)76-50(25-43(54)69-11)83-56-35(6)85-63(28-46(56)71-13)74-29-73-45-27-47(78-34(5)57(45)86-63)80-36(7)62(67)22-19-41-39-16-15-37-23-38(64)17-20-60(37,8)40(39)18-21-61(41,62)9/h15,30-36,38-59,64-67H,16-29H2,1-14H3/t30-,31-,32-,33-,34-,35-,36+,38+,39-,40+,41+,42+,43+,44+,45-,46-,47+,48+,49+,50+,51+,52-,53-,54-,55-,56-,57-,58+,59+,60+,61+,62+,63-/m1/s1. The summed E-state index contributed by atoms with van der Waals surface area (Å²) in [6.45, 7) is 17.9. The molecule has 3 saturated carbocycles. The van der Waals surface area contributed by atoms with E-state index in [0.717, 1.165) is 44.9 Å². The lowest BCUT2D eigenvalue weighted by atomic mass is 9.46. The average Bonchev–Trinajstić information content (AvgIpc) is 1.45. The number of methoxy groups -OCH3 is 5. The molecule has 4 N–H and O–H groups in total. The van der Waals surface area contributed by atoms with E-state index in [2.05, 4.69) is 19.9 Å². The van der Waals surface area contributed by atoms with Crippen molar-refractivity contribution in [3.05, 3.63) is 11.6 Å². The zero-order valence-electron chi connectivity index (χ0n) is 53.3. The first-order valence-electron chi connectivity index (χ1n) is 32.2. The lowest BCUT2D eigenvalue weighted by molar-refractivity contribution is -0.447. The number of aliphatic hydroxyl groups is 4. The number of allylic oxidation sites excluding steroid dienone is 1. The molecule has 0 unspecified atom stereocenters. The van der Waals surface area contributed by atoms with E-state index in [-0.39, 0.29) is 30.1 Å². The van der Waals surface area contributed by atoms with Gasteiger partial charge in [0, 0.05) is 66.6 Å². The van der Waals surface area contributed by atoms with Crippen molar-refractivity contribution in [3.8, 4) is 0 Å². The third-order valence-corrected chi connectivity index (χ3v) is 22.8. The molecule has 33 atom stereocenters. The summed E-state index contributed by atoms with van der Waals surface area (Å²) in [4.78, 5) is 0. The first-order chi connectivity index (χ1) is 41.0. The fourth-order valence-corrected chi connectivity index (χ4v) is 17.8. The van der Waals surface area contributed by atoms with Crippen LogP contribution in [0.2, 0.25) is 0 Å². The Kier molecular flexibility index (Phi) is 20.6. The fraction of sp³-hybridized carbons (Fsp3) is 0.968. The van der Waals surface area contributed by atoms with Crippen LogP contribution in [0.1, 0.15) is 146 Å². The molecule has 1 spiro atoms. The van der Waals surface area contributed by atoms with Crippen molar-refractivity contribution in [2.75, 3.05) is 42.3 Å². The van der Waals surface area contributed by atoms with Gasteiger partial charge in [-0.1, -0.05) is 25.5 Å². The van der Waals surface area contributed by atoms with Crippen LogP contribution in [0, 0.1) is 28.6 Å². The molecule has 11 aliphatic rings. The molecule has 10 fully saturated rings. The van der Waals surface area contributed by atoms with Gasteiger partial charge in [0.2, 0.25) is 0 Å². The van der Waals surface area contributed by atoms with Crippen LogP contribution in [0.4, 0.5) is 0 Å². The molecule has 86 heavy (non-hydrogen) atoms. The van der Waals surface area contributed by atoms with Crippen molar-refractivity contribution >= 4 is 0 Å². The number of hydrogen-bond donors (Lipinski definition) is 4. The molecule has 0 aromatic rings. The van der Waals surface area contributed by atoms with Gasteiger partial charge in [0.1, 0.15) is 48.8 Å². The first kappa shape index (κ1) is 66.3. The van der Waals surface area contributed by atoms with E-state index < -0.39 is 165 Å². The summed E-state index contributed by atoms with van der Waals surface area (Å²) in [6, 6.07) is 0. The number of rotatable bonds is 16. The topological polar surface area (TPSA) is 256 Å². The molecule has 0 aromatic heterocycles. The van der Waals surface area contributed by atoms with Gasteiger partial charge in [0.15, 0.2) is 38.2 Å². The Bertz CT molecular complexity index is 2270. The summed E-state index contributed by atoms with van der Waals surface area (Å²) < 4.78 is 121. The van der Waals surface area contributed by atoms with Gasteiger partial charge in [-0.05, 0) is 123 Å². The zero-order valence-corrected chi connectivity index (χ0v) is 53.3. The van der Waals surface area contributed by atoms with Crippen molar-refractivity contribution in [1.82, 2.24) is 0 Å². The van der Waals surface area contributed by atoms with Crippen LogP contribution in [-0.4, -0.2) is 234 Å². The maximum absolute atomic E-state index is 12.8. The maximum atomic E-state index is 12.8. The number of aliphatic hydroxyl groups excluding tert-OH is 3. The van der Waals surface area contributed by atoms with E-state index in [1.165, 1.54) is 12.7 Å². The second kappa shape index (κ2) is 26.7. The van der Waals surface area contributed by atoms with Gasteiger partial charge in [-0.3, -0.25) is 0 Å². The molecule has 23 nitrogen and oxygen atoms in total. The van der Waals surface area contributed by atoms with Gasteiger partial charge < -0.3 is 110 Å². The first-order valence-corrected chi connectivity index (χ1v) is 32.2. The van der Waals surface area contributed by atoms with Crippen molar-refractivity contribution in [2.24, 2.45) is 28.6 Å². The highest BCUT2D eigenvalue weighted by molar-refractivity contribution is 5.26. The number of fused-ring (bicyclic) bond motifs is 6. The second-order valence-electron chi connectivity index (χ2n) is 27.5. The van der Waals surface area contributed by atoms with Gasteiger partial charge in [-0.2, -0.15) is 0 Å². The smallest absolute Gasteiger partial charge is 0.288 e. The molecule has 0 bridgehead atoms. The lowest BCUT2D eigenvalue weighted by Gasteiger charge is -2.59. The van der Waals surface area contributed by atoms with Crippen LogP contribution in [0.3, 0.4) is 0 Å². The van der Waals surface area contributed by atoms with Crippen molar-refractivity contribution in [3.63, 3.8) is 0 Å². The third kappa shape index (κ3) is 12.5. The van der Waals surface area contributed by atoms with Crippen molar-refractivity contribution in [2.45, 2.75) is 317 Å². The van der Waals surface area contributed by atoms with Crippen LogP contribution >= 0.6 is 0 Å². The molecule has 7 saturated heterocycles. The van der Waals surface area contributed by atoms with Crippen LogP contribution in [0.15, 0.2) is 11.6 Å². The van der Waals surface area contributed by atoms with Crippen molar-refractivity contribution < 1.29 is 110 Å². The Hall–Kier alpha value is -1.18. The van der Waals surface area contributed by atoms with Crippen LogP contribution in [-0.2, 0) is 90.0 Å².